The summed E-state index contributed by atoms with van der Waals surface area (Å²) in [6.45, 7) is 0.870. The average molecular weight is 393 g/mol. The van der Waals surface area contributed by atoms with Gasteiger partial charge >= 0.3 is 5.97 Å². The molecule has 0 aliphatic carbocycles. The SMILES string of the molecule is COC(=O)COC1CCN(C(=O)CNC(=O)c2ccc(C(N)=S)cc2)CC1. The molecule has 1 fully saturated rings. The topological polar surface area (TPSA) is 111 Å². The van der Waals surface area contributed by atoms with Crippen LogP contribution in [0.2, 0.25) is 0 Å². The summed E-state index contributed by atoms with van der Waals surface area (Å²) < 4.78 is 9.97. The van der Waals surface area contributed by atoms with Gasteiger partial charge in [0.1, 0.15) is 11.6 Å². The number of ether oxygens (including phenoxy) is 2. The quantitative estimate of drug-likeness (QED) is 0.504. The Morgan fingerprint density at radius 3 is 2.33 bits per heavy atom. The number of nitrogens with zero attached hydrogens (tertiary/aromatic N) is 1. The van der Waals surface area contributed by atoms with Crippen molar-refractivity contribution in [3.05, 3.63) is 35.4 Å². The number of nitrogens with one attached hydrogen (secondary N) is 1. The molecule has 1 aromatic rings. The summed E-state index contributed by atoms with van der Waals surface area (Å²) in [6, 6.07) is 6.55. The Kier molecular flexibility index (Phi) is 7.68. The van der Waals surface area contributed by atoms with Crippen molar-refractivity contribution in [2.24, 2.45) is 5.73 Å². The minimum absolute atomic E-state index is 0.0742. The first-order valence-corrected chi connectivity index (χ1v) is 8.95. The smallest absolute Gasteiger partial charge is 0.331 e. The van der Waals surface area contributed by atoms with Gasteiger partial charge in [-0.05, 0) is 25.0 Å². The second-order valence-corrected chi connectivity index (χ2v) is 6.53. The number of thiocarbonyl (C=S) groups is 1. The van der Waals surface area contributed by atoms with Gasteiger partial charge in [-0.2, -0.15) is 0 Å². The molecular formula is C18H23N3O5S. The molecule has 0 spiro atoms. The van der Waals surface area contributed by atoms with Crippen molar-refractivity contribution in [3.63, 3.8) is 0 Å². The van der Waals surface area contributed by atoms with E-state index in [4.69, 9.17) is 22.7 Å². The van der Waals surface area contributed by atoms with E-state index < -0.39 is 5.97 Å². The molecule has 2 amide bonds. The number of benzene rings is 1. The predicted octanol–water partition coefficient (Wildman–Crippen LogP) is 0.231. The molecule has 1 aromatic carbocycles. The standard InChI is InChI=1S/C18H23N3O5S/c1-25-16(23)11-26-14-6-8-21(9-7-14)15(22)10-20-18(24)13-4-2-12(3-5-13)17(19)27/h2-5,14H,6-11H2,1H3,(H2,19,27)(H,20,24). The third kappa shape index (κ3) is 6.30. The second-order valence-electron chi connectivity index (χ2n) is 6.09. The van der Waals surface area contributed by atoms with Crippen LogP contribution in [0.3, 0.4) is 0 Å². The van der Waals surface area contributed by atoms with E-state index in [2.05, 4.69) is 10.1 Å². The van der Waals surface area contributed by atoms with Crippen LogP contribution in [0.25, 0.3) is 0 Å². The van der Waals surface area contributed by atoms with E-state index >= 15 is 0 Å². The molecule has 1 aliphatic rings. The number of piperidine rings is 1. The summed E-state index contributed by atoms with van der Waals surface area (Å²) in [4.78, 5) is 37.4. The maximum atomic E-state index is 12.3. The van der Waals surface area contributed by atoms with Crippen LogP contribution in [0.1, 0.15) is 28.8 Å². The van der Waals surface area contributed by atoms with Gasteiger partial charge in [-0.3, -0.25) is 9.59 Å². The molecule has 146 valence electrons. The van der Waals surface area contributed by atoms with Gasteiger partial charge in [-0.25, -0.2) is 4.79 Å². The Hall–Kier alpha value is -2.52. The van der Waals surface area contributed by atoms with E-state index in [0.717, 1.165) is 0 Å². The maximum absolute atomic E-state index is 12.3. The first-order valence-electron chi connectivity index (χ1n) is 8.55. The number of hydrogen-bond donors (Lipinski definition) is 2. The zero-order chi connectivity index (χ0) is 19.8. The molecule has 0 aromatic heterocycles. The van der Waals surface area contributed by atoms with Crippen molar-refractivity contribution < 1.29 is 23.9 Å². The maximum Gasteiger partial charge on any atom is 0.331 e. The normalized spacial score (nSPS) is 14.5. The van der Waals surface area contributed by atoms with Crippen LogP contribution in [0.4, 0.5) is 0 Å². The van der Waals surface area contributed by atoms with Crippen LogP contribution in [0.15, 0.2) is 24.3 Å². The number of likely N-dealkylation sites (tertiary alicyclic amines) is 1. The summed E-state index contributed by atoms with van der Waals surface area (Å²) in [5.41, 5.74) is 6.62. The lowest BCUT2D eigenvalue weighted by atomic mass is 10.1. The fourth-order valence-electron chi connectivity index (χ4n) is 2.67. The van der Waals surface area contributed by atoms with Crippen LogP contribution >= 0.6 is 12.2 Å². The molecule has 1 saturated heterocycles. The van der Waals surface area contributed by atoms with Gasteiger partial charge in [-0.1, -0.05) is 24.4 Å². The molecule has 0 atom stereocenters. The van der Waals surface area contributed by atoms with Crippen LogP contribution in [0, 0.1) is 0 Å². The number of nitrogens with two attached hydrogens (primary N) is 1. The van der Waals surface area contributed by atoms with Crippen LogP contribution < -0.4 is 11.1 Å². The molecule has 1 heterocycles. The zero-order valence-electron chi connectivity index (χ0n) is 15.1. The summed E-state index contributed by atoms with van der Waals surface area (Å²) in [7, 11) is 1.31. The minimum atomic E-state index is -0.419. The van der Waals surface area contributed by atoms with E-state index in [0.29, 0.717) is 37.1 Å². The number of hydrogen-bond acceptors (Lipinski definition) is 6. The minimum Gasteiger partial charge on any atom is -0.467 e. The van der Waals surface area contributed by atoms with Gasteiger partial charge in [0.05, 0.1) is 19.8 Å². The van der Waals surface area contributed by atoms with Crippen molar-refractivity contribution >= 4 is 35.0 Å². The molecule has 8 nitrogen and oxygen atoms in total. The molecule has 3 N–H and O–H groups in total. The molecular weight excluding hydrogens is 370 g/mol. The van der Waals surface area contributed by atoms with Crippen molar-refractivity contribution in [3.8, 4) is 0 Å². The number of carbonyl (C=O) groups excluding carboxylic acids is 3. The fraction of sp³-hybridized carbons (Fsp3) is 0.444. The van der Waals surface area contributed by atoms with Crippen LogP contribution in [-0.2, 0) is 19.1 Å². The van der Waals surface area contributed by atoms with E-state index in [1.165, 1.54) is 7.11 Å². The van der Waals surface area contributed by atoms with Gasteiger partial charge in [0.2, 0.25) is 5.91 Å². The lowest BCUT2D eigenvalue weighted by molar-refractivity contribution is -0.150. The summed E-state index contributed by atoms with van der Waals surface area (Å²) in [5, 5.41) is 2.62. The number of carbonyl (C=O) groups is 3. The van der Waals surface area contributed by atoms with E-state index in [-0.39, 0.29) is 36.1 Å². The molecule has 27 heavy (non-hydrogen) atoms. The van der Waals surface area contributed by atoms with E-state index in [9.17, 15) is 14.4 Å². The number of rotatable bonds is 7. The Bertz CT molecular complexity index is 699. The average Bonchev–Trinajstić information content (AvgIpc) is 2.70. The van der Waals surface area contributed by atoms with Crippen molar-refractivity contribution in [1.82, 2.24) is 10.2 Å². The molecule has 1 aliphatic heterocycles. The monoisotopic (exact) mass is 393 g/mol. The Morgan fingerprint density at radius 2 is 1.78 bits per heavy atom. The summed E-state index contributed by atoms with van der Waals surface area (Å²) in [6.07, 6.45) is 1.20. The molecule has 0 radical (unpaired) electrons. The van der Waals surface area contributed by atoms with Crippen LogP contribution in [0.5, 0.6) is 0 Å². The van der Waals surface area contributed by atoms with Gasteiger partial charge in [-0.15, -0.1) is 0 Å². The predicted molar refractivity (Wildman–Crippen MR) is 102 cm³/mol. The van der Waals surface area contributed by atoms with Gasteiger partial charge in [0.25, 0.3) is 5.91 Å². The first kappa shape index (κ1) is 20.8. The molecule has 2 rings (SSSR count). The number of esters is 1. The lowest BCUT2D eigenvalue weighted by Crippen LogP contribution is -2.45. The highest BCUT2D eigenvalue weighted by Gasteiger charge is 2.24. The Balaban J connectivity index is 1.73. The molecule has 0 saturated carbocycles. The fourth-order valence-corrected chi connectivity index (χ4v) is 2.81. The zero-order valence-corrected chi connectivity index (χ0v) is 15.9. The third-order valence-electron chi connectivity index (χ3n) is 4.29. The second kappa shape index (κ2) is 9.98. The largest absolute Gasteiger partial charge is 0.467 e. The highest BCUT2D eigenvalue weighted by Crippen LogP contribution is 2.14. The molecule has 0 unspecified atom stereocenters. The molecule has 0 bridgehead atoms. The number of amides is 2. The van der Waals surface area contributed by atoms with Gasteiger partial charge in [0, 0.05) is 24.2 Å². The van der Waals surface area contributed by atoms with E-state index in [1.807, 2.05) is 0 Å². The van der Waals surface area contributed by atoms with Gasteiger partial charge in [0.15, 0.2) is 0 Å². The highest BCUT2D eigenvalue weighted by atomic mass is 32.1. The summed E-state index contributed by atoms with van der Waals surface area (Å²) in [5.74, 6) is -0.916. The number of methoxy groups -OCH3 is 1. The first-order chi connectivity index (χ1) is 12.9. The third-order valence-corrected chi connectivity index (χ3v) is 4.53. The highest BCUT2D eigenvalue weighted by molar-refractivity contribution is 7.80. The Labute approximate surface area is 163 Å². The van der Waals surface area contributed by atoms with Crippen LogP contribution in [-0.4, -0.2) is 67.1 Å². The van der Waals surface area contributed by atoms with Crippen molar-refractivity contribution in [2.75, 3.05) is 33.4 Å². The lowest BCUT2D eigenvalue weighted by Gasteiger charge is -2.31. The summed E-state index contributed by atoms with van der Waals surface area (Å²) >= 11 is 4.87. The Morgan fingerprint density at radius 1 is 1.19 bits per heavy atom. The van der Waals surface area contributed by atoms with E-state index in [1.54, 1.807) is 29.2 Å². The van der Waals surface area contributed by atoms with Crippen molar-refractivity contribution in [1.29, 1.82) is 0 Å². The van der Waals surface area contributed by atoms with Gasteiger partial charge < -0.3 is 25.4 Å². The van der Waals surface area contributed by atoms with Crippen molar-refractivity contribution in [2.45, 2.75) is 18.9 Å². The molecule has 9 heteroatoms.